The maximum absolute atomic E-state index is 12.5. The molecular formula is C26H25N3O2. The number of H-pyrrole nitrogens is 1. The summed E-state index contributed by atoms with van der Waals surface area (Å²) < 4.78 is 0. The van der Waals surface area contributed by atoms with Gasteiger partial charge in [0, 0.05) is 18.3 Å². The fraction of sp³-hybridized carbons (Fsp3) is 0.154. The first-order chi connectivity index (χ1) is 15.1. The average molecular weight is 412 g/mol. The second-order valence-corrected chi connectivity index (χ2v) is 7.55. The Morgan fingerprint density at radius 1 is 0.903 bits per heavy atom. The SMILES string of the molecule is CN([C@@H](Cc1cnc[nH]1)C(=O)O)C(c1ccccc1)(c1ccccc1)c1ccccc1. The monoisotopic (exact) mass is 411 g/mol. The maximum Gasteiger partial charge on any atom is 0.321 e. The van der Waals surface area contributed by atoms with E-state index in [9.17, 15) is 9.90 Å². The summed E-state index contributed by atoms with van der Waals surface area (Å²) in [6.45, 7) is 0. The molecule has 0 unspecified atom stereocenters. The molecule has 0 spiro atoms. The van der Waals surface area contributed by atoms with Gasteiger partial charge in [-0.05, 0) is 23.7 Å². The van der Waals surface area contributed by atoms with Gasteiger partial charge >= 0.3 is 5.97 Å². The van der Waals surface area contributed by atoms with Crippen molar-refractivity contribution in [3.63, 3.8) is 0 Å². The fourth-order valence-corrected chi connectivity index (χ4v) is 4.38. The van der Waals surface area contributed by atoms with E-state index < -0.39 is 17.6 Å². The highest BCUT2D eigenvalue weighted by Gasteiger charge is 2.45. The van der Waals surface area contributed by atoms with Crippen LogP contribution >= 0.6 is 0 Å². The molecular weight excluding hydrogens is 386 g/mol. The van der Waals surface area contributed by atoms with Gasteiger partial charge in [-0.15, -0.1) is 0 Å². The summed E-state index contributed by atoms with van der Waals surface area (Å²) in [4.78, 5) is 21.6. The van der Waals surface area contributed by atoms with Crippen molar-refractivity contribution in [3.05, 3.63) is 126 Å². The molecule has 0 aliphatic rings. The molecule has 0 aliphatic heterocycles. The van der Waals surface area contributed by atoms with Crippen molar-refractivity contribution in [1.82, 2.24) is 14.9 Å². The molecule has 31 heavy (non-hydrogen) atoms. The number of benzene rings is 3. The van der Waals surface area contributed by atoms with Gasteiger partial charge < -0.3 is 10.1 Å². The summed E-state index contributed by atoms with van der Waals surface area (Å²) in [5.41, 5.74) is 3.00. The summed E-state index contributed by atoms with van der Waals surface area (Å²) in [5, 5.41) is 10.3. The van der Waals surface area contributed by atoms with Crippen LogP contribution in [0.3, 0.4) is 0 Å². The van der Waals surface area contributed by atoms with E-state index in [-0.39, 0.29) is 0 Å². The number of carboxylic acid groups (broad SMARTS) is 1. The number of nitrogens with zero attached hydrogens (tertiary/aromatic N) is 2. The molecule has 5 nitrogen and oxygen atoms in total. The van der Waals surface area contributed by atoms with Crippen molar-refractivity contribution in [2.45, 2.75) is 18.0 Å². The van der Waals surface area contributed by atoms with Crippen LogP contribution in [0.2, 0.25) is 0 Å². The van der Waals surface area contributed by atoms with Crippen LogP contribution in [-0.2, 0) is 16.8 Å². The molecule has 0 aliphatic carbocycles. The van der Waals surface area contributed by atoms with Crippen molar-refractivity contribution in [3.8, 4) is 0 Å². The highest BCUT2D eigenvalue weighted by molar-refractivity contribution is 5.74. The highest BCUT2D eigenvalue weighted by atomic mass is 16.4. The quantitative estimate of drug-likeness (QED) is 0.424. The molecule has 1 aromatic heterocycles. The highest BCUT2D eigenvalue weighted by Crippen LogP contribution is 2.43. The predicted molar refractivity (Wildman–Crippen MR) is 121 cm³/mol. The normalized spacial score (nSPS) is 12.6. The van der Waals surface area contributed by atoms with E-state index in [0.717, 1.165) is 22.4 Å². The summed E-state index contributed by atoms with van der Waals surface area (Å²) in [6, 6.07) is 29.5. The van der Waals surface area contributed by atoms with E-state index in [1.807, 2.05) is 66.5 Å². The van der Waals surface area contributed by atoms with E-state index >= 15 is 0 Å². The lowest BCUT2D eigenvalue weighted by atomic mass is 9.75. The summed E-state index contributed by atoms with van der Waals surface area (Å²) in [7, 11) is 1.89. The van der Waals surface area contributed by atoms with Crippen LogP contribution in [-0.4, -0.2) is 39.0 Å². The number of nitrogens with one attached hydrogen (secondary N) is 1. The summed E-state index contributed by atoms with van der Waals surface area (Å²) in [5.74, 6) is -0.885. The number of likely N-dealkylation sites (N-methyl/N-ethyl adjacent to an activating group) is 1. The summed E-state index contributed by atoms with van der Waals surface area (Å²) >= 11 is 0. The first kappa shape index (κ1) is 20.6. The maximum atomic E-state index is 12.5. The summed E-state index contributed by atoms with van der Waals surface area (Å²) in [6.07, 6.45) is 3.56. The number of hydrogen-bond acceptors (Lipinski definition) is 3. The number of imidazole rings is 1. The first-order valence-electron chi connectivity index (χ1n) is 10.2. The molecule has 0 bridgehead atoms. The number of aromatic amines is 1. The van der Waals surface area contributed by atoms with Crippen molar-refractivity contribution < 1.29 is 9.90 Å². The number of aromatic nitrogens is 2. The zero-order valence-corrected chi connectivity index (χ0v) is 17.3. The third-order valence-electron chi connectivity index (χ3n) is 5.82. The van der Waals surface area contributed by atoms with E-state index in [1.54, 1.807) is 12.5 Å². The lowest BCUT2D eigenvalue weighted by Gasteiger charge is -2.46. The van der Waals surface area contributed by atoms with Crippen LogP contribution in [0.4, 0.5) is 0 Å². The number of carbonyl (C=O) groups is 1. The van der Waals surface area contributed by atoms with Crippen LogP contribution in [0.5, 0.6) is 0 Å². The topological polar surface area (TPSA) is 69.2 Å². The molecule has 0 saturated carbocycles. The van der Waals surface area contributed by atoms with E-state index in [1.165, 1.54) is 0 Å². The average Bonchev–Trinajstić information content (AvgIpc) is 3.33. The van der Waals surface area contributed by atoms with Crippen molar-refractivity contribution in [1.29, 1.82) is 0 Å². The zero-order valence-electron chi connectivity index (χ0n) is 17.3. The Balaban J connectivity index is 1.98. The van der Waals surface area contributed by atoms with Gasteiger partial charge in [0.1, 0.15) is 6.04 Å². The first-order valence-corrected chi connectivity index (χ1v) is 10.2. The molecule has 2 N–H and O–H groups in total. The van der Waals surface area contributed by atoms with Gasteiger partial charge in [0.15, 0.2) is 0 Å². The number of carboxylic acids is 1. The molecule has 4 aromatic rings. The Morgan fingerprint density at radius 2 is 1.35 bits per heavy atom. The van der Waals surface area contributed by atoms with Crippen molar-refractivity contribution in [2.75, 3.05) is 7.05 Å². The van der Waals surface area contributed by atoms with E-state index in [4.69, 9.17) is 0 Å². The van der Waals surface area contributed by atoms with Crippen LogP contribution in [0.1, 0.15) is 22.4 Å². The third-order valence-corrected chi connectivity index (χ3v) is 5.82. The van der Waals surface area contributed by atoms with Crippen LogP contribution in [0, 0.1) is 0 Å². The minimum atomic E-state index is -0.885. The molecule has 0 fully saturated rings. The Bertz CT molecular complexity index is 1000. The third kappa shape index (κ3) is 3.88. The Morgan fingerprint density at radius 3 is 1.71 bits per heavy atom. The minimum absolute atomic E-state index is 0.306. The van der Waals surface area contributed by atoms with Gasteiger partial charge in [0.2, 0.25) is 0 Å². The largest absolute Gasteiger partial charge is 0.480 e. The lowest BCUT2D eigenvalue weighted by Crippen LogP contribution is -2.54. The van der Waals surface area contributed by atoms with Gasteiger partial charge in [-0.25, -0.2) is 4.98 Å². The smallest absolute Gasteiger partial charge is 0.321 e. The second kappa shape index (κ2) is 8.98. The molecule has 1 heterocycles. The van der Waals surface area contributed by atoms with Gasteiger partial charge in [-0.1, -0.05) is 91.0 Å². The van der Waals surface area contributed by atoms with Gasteiger partial charge in [-0.2, -0.15) is 0 Å². The van der Waals surface area contributed by atoms with Crippen LogP contribution in [0.15, 0.2) is 104 Å². The lowest BCUT2D eigenvalue weighted by molar-refractivity contribution is -0.144. The molecule has 3 aromatic carbocycles. The van der Waals surface area contributed by atoms with Crippen molar-refractivity contribution in [2.24, 2.45) is 0 Å². The second-order valence-electron chi connectivity index (χ2n) is 7.55. The van der Waals surface area contributed by atoms with E-state index in [0.29, 0.717) is 6.42 Å². The number of hydrogen-bond donors (Lipinski definition) is 2. The molecule has 156 valence electrons. The Kier molecular flexibility index (Phi) is 5.96. The molecule has 5 heteroatoms. The molecule has 0 radical (unpaired) electrons. The van der Waals surface area contributed by atoms with E-state index in [2.05, 4.69) is 46.4 Å². The van der Waals surface area contributed by atoms with Crippen LogP contribution in [0.25, 0.3) is 0 Å². The number of aliphatic carboxylic acids is 1. The van der Waals surface area contributed by atoms with Crippen LogP contribution < -0.4 is 0 Å². The van der Waals surface area contributed by atoms with Gasteiger partial charge in [-0.3, -0.25) is 9.69 Å². The molecule has 1 atom stereocenters. The molecule has 0 amide bonds. The standard InChI is InChI=1S/C26H25N3O2/c1-29(24(25(30)31)17-23-18-27-19-28-23)26(20-11-5-2-6-12-20,21-13-7-3-8-14-21)22-15-9-4-10-16-22/h2-16,18-19,24H,17H2,1H3,(H,27,28)(H,30,31)/t24-/m0/s1. The van der Waals surface area contributed by atoms with Gasteiger partial charge in [0.05, 0.1) is 11.9 Å². The Labute approximate surface area is 182 Å². The molecule has 4 rings (SSSR count). The van der Waals surface area contributed by atoms with Crippen molar-refractivity contribution >= 4 is 5.97 Å². The van der Waals surface area contributed by atoms with Gasteiger partial charge in [0.25, 0.3) is 0 Å². The minimum Gasteiger partial charge on any atom is -0.480 e. The zero-order chi connectivity index (χ0) is 21.7. The molecule has 0 saturated heterocycles. The predicted octanol–water partition coefficient (Wildman–Crippen LogP) is 4.33. The Hall–Kier alpha value is -3.70. The number of rotatable bonds is 8. The fourth-order valence-electron chi connectivity index (χ4n) is 4.38.